The van der Waals surface area contributed by atoms with Gasteiger partial charge in [-0.2, -0.15) is 0 Å². The molecule has 3 rings (SSSR count). The zero-order valence-corrected chi connectivity index (χ0v) is 17.1. The second-order valence-corrected chi connectivity index (χ2v) is 8.36. The number of carbonyl (C=O) groups excluding carboxylic acids is 1. The summed E-state index contributed by atoms with van der Waals surface area (Å²) < 4.78 is 7.42. The molecule has 0 saturated heterocycles. The average molecular weight is 424 g/mol. The van der Waals surface area contributed by atoms with E-state index in [2.05, 4.69) is 10.2 Å². The molecule has 0 spiro atoms. The van der Waals surface area contributed by atoms with Crippen LogP contribution in [0, 0.1) is 0 Å². The molecular formula is C17H18ClN5O2S2. The first-order valence-electron chi connectivity index (χ1n) is 7.94. The highest BCUT2D eigenvalue weighted by Crippen LogP contribution is 2.29. The number of thioether (sulfide) groups is 1. The summed E-state index contributed by atoms with van der Waals surface area (Å²) in [5.74, 6) is 7.42. The predicted octanol–water partition coefficient (Wildman–Crippen LogP) is 3.13. The van der Waals surface area contributed by atoms with Gasteiger partial charge in [-0.25, -0.2) is 4.68 Å². The largest absolute Gasteiger partial charge is 0.496 e. The van der Waals surface area contributed by atoms with E-state index in [1.54, 1.807) is 19.1 Å². The minimum Gasteiger partial charge on any atom is -0.496 e. The van der Waals surface area contributed by atoms with Crippen molar-refractivity contribution in [2.24, 2.45) is 0 Å². The summed E-state index contributed by atoms with van der Waals surface area (Å²) in [6.45, 7) is 0.512. The van der Waals surface area contributed by atoms with E-state index >= 15 is 0 Å². The SMILES string of the molecule is COc1ccccc1-c1nnc(SCC(=O)N(C)Cc2ccc(Cl)s2)n1N. The van der Waals surface area contributed by atoms with Crippen LogP contribution in [0.1, 0.15) is 4.88 Å². The molecule has 0 aliphatic heterocycles. The van der Waals surface area contributed by atoms with E-state index in [0.717, 1.165) is 10.4 Å². The van der Waals surface area contributed by atoms with Gasteiger partial charge in [0.25, 0.3) is 0 Å². The van der Waals surface area contributed by atoms with E-state index in [0.29, 0.717) is 27.6 Å². The number of carbonyl (C=O) groups is 1. The molecule has 0 aliphatic carbocycles. The number of hydrogen-bond acceptors (Lipinski definition) is 7. The Bertz CT molecular complexity index is 943. The summed E-state index contributed by atoms with van der Waals surface area (Å²) >= 11 is 8.63. The number of rotatable bonds is 7. The number of hydrogen-bond donors (Lipinski definition) is 1. The smallest absolute Gasteiger partial charge is 0.233 e. The molecule has 0 atom stereocenters. The second kappa shape index (κ2) is 8.64. The average Bonchev–Trinajstić information content (AvgIpc) is 3.24. The Morgan fingerprint density at radius 2 is 2.11 bits per heavy atom. The molecule has 1 aromatic carbocycles. The first kappa shape index (κ1) is 19.5. The molecule has 0 unspecified atom stereocenters. The Balaban J connectivity index is 1.65. The molecular weight excluding hydrogens is 406 g/mol. The molecule has 10 heteroatoms. The lowest BCUT2D eigenvalue weighted by Crippen LogP contribution is -2.27. The van der Waals surface area contributed by atoms with Crippen LogP contribution in [-0.4, -0.2) is 45.6 Å². The van der Waals surface area contributed by atoms with E-state index in [9.17, 15) is 4.79 Å². The number of benzene rings is 1. The van der Waals surface area contributed by atoms with Crippen molar-refractivity contribution in [1.29, 1.82) is 0 Å². The standard InChI is InChI=1S/C17H18ClN5O2S2/c1-22(9-11-7-8-14(18)27-11)15(24)10-26-17-21-20-16(23(17)19)12-5-3-4-6-13(12)25-2/h3-8H,9-10,19H2,1-2H3. The van der Waals surface area contributed by atoms with Gasteiger partial charge in [0.1, 0.15) is 5.75 Å². The summed E-state index contributed by atoms with van der Waals surface area (Å²) in [5.41, 5.74) is 0.736. The number of nitrogens with two attached hydrogens (primary N) is 1. The lowest BCUT2D eigenvalue weighted by Gasteiger charge is -2.15. The topological polar surface area (TPSA) is 86.3 Å². The van der Waals surface area contributed by atoms with Crippen LogP contribution in [0.15, 0.2) is 41.6 Å². The summed E-state index contributed by atoms with van der Waals surface area (Å²) in [7, 11) is 3.34. The number of nitrogen functional groups attached to an aromatic ring is 1. The van der Waals surface area contributed by atoms with Gasteiger partial charge in [-0.05, 0) is 24.3 Å². The Hall–Kier alpha value is -2.23. The summed E-state index contributed by atoms with van der Waals surface area (Å²) in [4.78, 5) is 15.0. The molecule has 0 saturated carbocycles. The van der Waals surface area contributed by atoms with Crippen LogP contribution < -0.4 is 10.6 Å². The van der Waals surface area contributed by atoms with Gasteiger partial charge in [-0.15, -0.1) is 21.5 Å². The fraction of sp³-hybridized carbons (Fsp3) is 0.235. The first-order chi connectivity index (χ1) is 13.0. The predicted molar refractivity (Wildman–Crippen MR) is 109 cm³/mol. The Labute approximate surface area is 170 Å². The molecule has 0 radical (unpaired) electrons. The van der Waals surface area contributed by atoms with Gasteiger partial charge < -0.3 is 15.5 Å². The number of ether oxygens (including phenoxy) is 1. The van der Waals surface area contributed by atoms with Crippen molar-refractivity contribution in [2.45, 2.75) is 11.7 Å². The van der Waals surface area contributed by atoms with Gasteiger partial charge in [0.15, 0.2) is 5.82 Å². The Kier molecular flexibility index (Phi) is 6.25. The van der Waals surface area contributed by atoms with E-state index in [-0.39, 0.29) is 11.7 Å². The molecule has 2 N–H and O–H groups in total. The molecule has 3 aromatic rings. The zero-order valence-electron chi connectivity index (χ0n) is 14.8. The maximum absolute atomic E-state index is 12.4. The van der Waals surface area contributed by atoms with Crippen molar-refractivity contribution in [1.82, 2.24) is 19.8 Å². The normalized spacial score (nSPS) is 10.8. The Morgan fingerprint density at radius 3 is 2.81 bits per heavy atom. The fourth-order valence-corrected chi connectivity index (χ4v) is 4.32. The molecule has 0 aliphatic rings. The maximum atomic E-state index is 12.4. The molecule has 0 bridgehead atoms. The first-order valence-corrected chi connectivity index (χ1v) is 10.1. The fourth-order valence-electron chi connectivity index (χ4n) is 2.38. The Morgan fingerprint density at radius 1 is 1.33 bits per heavy atom. The maximum Gasteiger partial charge on any atom is 0.233 e. The second-order valence-electron chi connectivity index (χ2n) is 5.62. The summed E-state index contributed by atoms with van der Waals surface area (Å²) in [6.07, 6.45) is 0. The van der Waals surface area contributed by atoms with Crippen LogP contribution in [0.2, 0.25) is 4.34 Å². The van der Waals surface area contributed by atoms with Crippen LogP contribution in [0.3, 0.4) is 0 Å². The zero-order chi connectivity index (χ0) is 19.4. The van der Waals surface area contributed by atoms with Gasteiger partial charge in [0, 0.05) is 11.9 Å². The van der Waals surface area contributed by atoms with Crippen molar-refractivity contribution >= 4 is 40.6 Å². The summed E-state index contributed by atoms with van der Waals surface area (Å²) in [5, 5.41) is 8.69. The third kappa shape index (κ3) is 4.55. The highest BCUT2D eigenvalue weighted by atomic mass is 35.5. The monoisotopic (exact) mass is 423 g/mol. The van der Waals surface area contributed by atoms with Crippen molar-refractivity contribution in [2.75, 3.05) is 25.8 Å². The van der Waals surface area contributed by atoms with E-state index in [4.69, 9.17) is 22.2 Å². The van der Waals surface area contributed by atoms with Crippen LogP contribution in [-0.2, 0) is 11.3 Å². The van der Waals surface area contributed by atoms with Crippen LogP contribution in [0.5, 0.6) is 5.75 Å². The van der Waals surface area contributed by atoms with E-state index in [1.165, 1.54) is 27.8 Å². The van der Waals surface area contributed by atoms with Gasteiger partial charge in [-0.1, -0.05) is 35.5 Å². The van der Waals surface area contributed by atoms with Crippen molar-refractivity contribution < 1.29 is 9.53 Å². The molecule has 1 amide bonds. The van der Waals surface area contributed by atoms with Crippen molar-refractivity contribution in [3.8, 4) is 17.1 Å². The number of methoxy groups -OCH3 is 1. The molecule has 142 valence electrons. The van der Waals surface area contributed by atoms with E-state index in [1.807, 2.05) is 36.4 Å². The minimum absolute atomic E-state index is 0.0358. The van der Waals surface area contributed by atoms with Crippen LogP contribution >= 0.6 is 34.7 Å². The number of nitrogens with zero attached hydrogens (tertiary/aromatic N) is 4. The number of aromatic nitrogens is 3. The quantitative estimate of drug-likeness (QED) is 0.464. The van der Waals surface area contributed by atoms with Crippen molar-refractivity contribution in [3.05, 3.63) is 45.6 Å². The number of thiophene rings is 1. The highest BCUT2D eigenvalue weighted by molar-refractivity contribution is 7.99. The van der Waals surface area contributed by atoms with Crippen LogP contribution in [0.4, 0.5) is 0 Å². The van der Waals surface area contributed by atoms with Gasteiger partial charge in [-0.3, -0.25) is 4.79 Å². The van der Waals surface area contributed by atoms with Crippen molar-refractivity contribution in [3.63, 3.8) is 0 Å². The molecule has 0 fully saturated rings. The minimum atomic E-state index is -0.0358. The lowest BCUT2D eigenvalue weighted by molar-refractivity contribution is -0.127. The molecule has 27 heavy (non-hydrogen) atoms. The molecule has 2 aromatic heterocycles. The third-order valence-electron chi connectivity index (χ3n) is 3.78. The molecule has 2 heterocycles. The van der Waals surface area contributed by atoms with Crippen LogP contribution in [0.25, 0.3) is 11.4 Å². The number of para-hydroxylation sites is 1. The summed E-state index contributed by atoms with van der Waals surface area (Å²) in [6, 6.07) is 11.2. The number of amides is 1. The van der Waals surface area contributed by atoms with E-state index < -0.39 is 0 Å². The third-order valence-corrected chi connectivity index (χ3v) is 5.93. The highest BCUT2D eigenvalue weighted by Gasteiger charge is 2.18. The van der Waals surface area contributed by atoms with Gasteiger partial charge in [0.05, 0.1) is 29.3 Å². The lowest BCUT2D eigenvalue weighted by atomic mass is 10.2. The van der Waals surface area contributed by atoms with Gasteiger partial charge >= 0.3 is 0 Å². The molecule has 7 nitrogen and oxygen atoms in total. The number of halogens is 1. The van der Waals surface area contributed by atoms with Gasteiger partial charge in [0.2, 0.25) is 11.1 Å².